The van der Waals surface area contributed by atoms with E-state index in [0.717, 1.165) is 13.1 Å². The molecule has 0 unspecified atom stereocenters. The van der Waals surface area contributed by atoms with Gasteiger partial charge in [0.25, 0.3) is 0 Å². The van der Waals surface area contributed by atoms with Gasteiger partial charge in [0.2, 0.25) is 0 Å². The Morgan fingerprint density at radius 1 is 1.21 bits per heavy atom. The molecule has 0 radical (unpaired) electrons. The molecule has 2 aromatic rings. The SMILES string of the molecule is CCNCc1ccccc1-n1cncc1C(C)(C)C. The molecule has 102 valence electrons. The normalized spacial score (nSPS) is 11.8. The fourth-order valence-electron chi connectivity index (χ4n) is 2.20. The minimum atomic E-state index is 0.0851. The molecule has 0 bridgehead atoms. The molecule has 3 nitrogen and oxygen atoms in total. The van der Waals surface area contributed by atoms with Gasteiger partial charge in [0.1, 0.15) is 0 Å². The minimum Gasteiger partial charge on any atom is -0.313 e. The summed E-state index contributed by atoms with van der Waals surface area (Å²) in [6.45, 7) is 10.6. The maximum absolute atomic E-state index is 4.33. The highest BCUT2D eigenvalue weighted by Crippen LogP contribution is 2.26. The van der Waals surface area contributed by atoms with Crippen molar-refractivity contribution in [2.24, 2.45) is 0 Å². The third-order valence-corrected chi connectivity index (χ3v) is 3.22. The molecule has 1 N–H and O–H groups in total. The molecule has 0 amide bonds. The first-order valence-corrected chi connectivity index (χ1v) is 6.86. The summed E-state index contributed by atoms with van der Waals surface area (Å²) in [5.41, 5.74) is 3.83. The van der Waals surface area contributed by atoms with Crippen molar-refractivity contribution in [3.63, 3.8) is 0 Å². The molecule has 0 spiro atoms. The summed E-state index contributed by atoms with van der Waals surface area (Å²) in [7, 11) is 0. The number of rotatable bonds is 4. The fraction of sp³-hybridized carbons (Fsp3) is 0.438. The van der Waals surface area contributed by atoms with Crippen molar-refractivity contribution in [3.05, 3.63) is 48.0 Å². The van der Waals surface area contributed by atoms with Gasteiger partial charge >= 0.3 is 0 Å². The summed E-state index contributed by atoms with van der Waals surface area (Å²) in [5, 5.41) is 3.39. The molecule has 1 aromatic carbocycles. The third-order valence-electron chi connectivity index (χ3n) is 3.22. The van der Waals surface area contributed by atoms with Gasteiger partial charge in [0.15, 0.2) is 0 Å². The predicted octanol–water partition coefficient (Wildman–Crippen LogP) is 3.28. The van der Waals surface area contributed by atoms with Crippen LogP contribution in [0.25, 0.3) is 5.69 Å². The van der Waals surface area contributed by atoms with E-state index in [0.29, 0.717) is 0 Å². The standard InChI is InChI=1S/C16H23N3/c1-5-17-10-13-8-6-7-9-14(13)19-12-18-11-15(19)16(2,3)4/h6-9,11-12,17H,5,10H2,1-4H3. The van der Waals surface area contributed by atoms with Crippen molar-refractivity contribution in [3.8, 4) is 5.69 Å². The second-order valence-electron chi connectivity index (χ2n) is 5.81. The average molecular weight is 257 g/mol. The Bertz CT molecular complexity index is 535. The third kappa shape index (κ3) is 3.04. The second-order valence-corrected chi connectivity index (χ2v) is 5.81. The van der Waals surface area contributed by atoms with Gasteiger partial charge in [0, 0.05) is 23.9 Å². The zero-order valence-corrected chi connectivity index (χ0v) is 12.3. The molecular formula is C16H23N3. The molecule has 2 rings (SSSR count). The lowest BCUT2D eigenvalue weighted by Gasteiger charge is -2.22. The van der Waals surface area contributed by atoms with Gasteiger partial charge in [-0.25, -0.2) is 4.98 Å². The van der Waals surface area contributed by atoms with E-state index in [1.54, 1.807) is 0 Å². The lowest BCUT2D eigenvalue weighted by atomic mass is 9.92. The molecule has 0 aliphatic carbocycles. The highest BCUT2D eigenvalue weighted by Gasteiger charge is 2.20. The van der Waals surface area contributed by atoms with E-state index in [1.165, 1.54) is 16.9 Å². The van der Waals surface area contributed by atoms with Crippen LogP contribution in [0.2, 0.25) is 0 Å². The van der Waals surface area contributed by atoms with Crippen molar-refractivity contribution >= 4 is 0 Å². The highest BCUT2D eigenvalue weighted by atomic mass is 15.1. The van der Waals surface area contributed by atoms with Crippen LogP contribution in [-0.4, -0.2) is 16.1 Å². The maximum Gasteiger partial charge on any atom is 0.0994 e. The highest BCUT2D eigenvalue weighted by molar-refractivity contribution is 5.43. The van der Waals surface area contributed by atoms with Crippen molar-refractivity contribution in [2.45, 2.75) is 39.7 Å². The Kier molecular flexibility index (Phi) is 4.05. The van der Waals surface area contributed by atoms with Crippen LogP contribution in [0.4, 0.5) is 0 Å². The molecule has 0 saturated carbocycles. The van der Waals surface area contributed by atoms with Crippen LogP contribution >= 0.6 is 0 Å². The van der Waals surface area contributed by atoms with Crippen molar-refractivity contribution < 1.29 is 0 Å². The minimum absolute atomic E-state index is 0.0851. The first-order chi connectivity index (χ1) is 9.04. The summed E-state index contributed by atoms with van der Waals surface area (Å²) in [5.74, 6) is 0. The summed E-state index contributed by atoms with van der Waals surface area (Å²) in [6, 6.07) is 8.50. The molecule has 1 heterocycles. The lowest BCUT2D eigenvalue weighted by molar-refractivity contribution is 0.555. The van der Waals surface area contributed by atoms with E-state index in [1.807, 2.05) is 12.5 Å². The second kappa shape index (κ2) is 5.57. The Morgan fingerprint density at radius 3 is 2.63 bits per heavy atom. The average Bonchev–Trinajstić information content (AvgIpc) is 2.85. The van der Waals surface area contributed by atoms with Gasteiger partial charge in [0.05, 0.1) is 12.0 Å². The van der Waals surface area contributed by atoms with Crippen LogP contribution in [0.5, 0.6) is 0 Å². The summed E-state index contributed by atoms with van der Waals surface area (Å²) < 4.78 is 2.20. The lowest BCUT2D eigenvalue weighted by Crippen LogP contribution is -2.18. The van der Waals surface area contributed by atoms with Crippen LogP contribution in [0.1, 0.15) is 39.0 Å². The van der Waals surface area contributed by atoms with E-state index in [9.17, 15) is 0 Å². The monoisotopic (exact) mass is 257 g/mol. The van der Waals surface area contributed by atoms with E-state index in [2.05, 4.69) is 66.8 Å². The largest absolute Gasteiger partial charge is 0.313 e. The van der Waals surface area contributed by atoms with Crippen LogP contribution in [0, 0.1) is 0 Å². The van der Waals surface area contributed by atoms with Gasteiger partial charge in [-0.3, -0.25) is 0 Å². The molecule has 0 atom stereocenters. The van der Waals surface area contributed by atoms with Gasteiger partial charge in [-0.05, 0) is 18.2 Å². The molecule has 1 aromatic heterocycles. The van der Waals surface area contributed by atoms with Crippen molar-refractivity contribution in [2.75, 3.05) is 6.54 Å². The van der Waals surface area contributed by atoms with E-state index < -0.39 is 0 Å². The number of hydrogen-bond donors (Lipinski definition) is 1. The molecular weight excluding hydrogens is 234 g/mol. The number of nitrogens with one attached hydrogen (secondary N) is 1. The number of benzene rings is 1. The van der Waals surface area contributed by atoms with Gasteiger partial charge in [-0.2, -0.15) is 0 Å². The fourth-order valence-corrected chi connectivity index (χ4v) is 2.20. The Labute approximate surface area is 115 Å². The molecule has 0 fully saturated rings. The van der Waals surface area contributed by atoms with E-state index in [4.69, 9.17) is 0 Å². The molecule has 3 heteroatoms. The van der Waals surface area contributed by atoms with Crippen LogP contribution in [0.3, 0.4) is 0 Å². The first-order valence-electron chi connectivity index (χ1n) is 6.86. The smallest absolute Gasteiger partial charge is 0.0994 e. The topological polar surface area (TPSA) is 29.9 Å². The number of aromatic nitrogens is 2. The number of nitrogens with zero attached hydrogens (tertiary/aromatic N) is 2. The Balaban J connectivity index is 2.45. The van der Waals surface area contributed by atoms with Crippen LogP contribution < -0.4 is 5.32 Å². The van der Waals surface area contributed by atoms with Gasteiger partial charge in [-0.1, -0.05) is 45.9 Å². The number of para-hydroxylation sites is 1. The molecule has 0 aliphatic rings. The first kappa shape index (κ1) is 13.8. The zero-order chi connectivity index (χ0) is 13.9. The number of hydrogen-bond acceptors (Lipinski definition) is 2. The predicted molar refractivity (Wildman–Crippen MR) is 79.6 cm³/mol. The van der Waals surface area contributed by atoms with Crippen LogP contribution in [0.15, 0.2) is 36.8 Å². The van der Waals surface area contributed by atoms with E-state index >= 15 is 0 Å². The van der Waals surface area contributed by atoms with Gasteiger partial charge < -0.3 is 9.88 Å². The quantitative estimate of drug-likeness (QED) is 0.911. The number of imidazole rings is 1. The Morgan fingerprint density at radius 2 is 1.95 bits per heavy atom. The molecule has 19 heavy (non-hydrogen) atoms. The zero-order valence-electron chi connectivity index (χ0n) is 12.3. The summed E-state index contributed by atoms with van der Waals surface area (Å²) >= 11 is 0. The summed E-state index contributed by atoms with van der Waals surface area (Å²) in [4.78, 5) is 4.33. The van der Waals surface area contributed by atoms with Crippen molar-refractivity contribution in [1.29, 1.82) is 0 Å². The molecule has 0 aliphatic heterocycles. The summed E-state index contributed by atoms with van der Waals surface area (Å²) in [6.07, 6.45) is 3.87. The van der Waals surface area contributed by atoms with Crippen molar-refractivity contribution in [1.82, 2.24) is 14.9 Å². The van der Waals surface area contributed by atoms with Gasteiger partial charge in [-0.15, -0.1) is 0 Å². The Hall–Kier alpha value is -1.61. The van der Waals surface area contributed by atoms with Crippen LogP contribution in [-0.2, 0) is 12.0 Å². The maximum atomic E-state index is 4.33. The van der Waals surface area contributed by atoms with E-state index in [-0.39, 0.29) is 5.41 Å². The molecule has 0 saturated heterocycles.